The Balaban J connectivity index is 1.94. The van der Waals surface area contributed by atoms with Crippen molar-refractivity contribution in [3.05, 3.63) is 30.3 Å². The van der Waals surface area contributed by atoms with Crippen LogP contribution in [0.25, 0.3) is 0 Å². The van der Waals surface area contributed by atoms with Crippen molar-refractivity contribution in [3.63, 3.8) is 0 Å². The van der Waals surface area contributed by atoms with E-state index in [4.69, 9.17) is 4.74 Å². The average Bonchev–Trinajstić information content (AvgIpc) is 2.70. The fraction of sp³-hybridized carbons (Fsp3) is 0.533. The summed E-state index contributed by atoms with van der Waals surface area (Å²) in [5.74, 6) is 0. The second-order valence-electron chi connectivity index (χ2n) is 6.07. The zero-order valence-electron chi connectivity index (χ0n) is 12.2. The minimum Gasteiger partial charge on any atom is -0.444 e. The highest BCUT2D eigenvalue weighted by molar-refractivity contribution is 5.69. The van der Waals surface area contributed by atoms with Crippen LogP contribution in [-0.4, -0.2) is 46.9 Å². The number of hydrogen-bond acceptors (Lipinski definition) is 4. The molecule has 1 aliphatic heterocycles. The number of ether oxygens (including phenoxy) is 1. The van der Waals surface area contributed by atoms with Crippen LogP contribution in [0.2, 0.25) is 0 Å². The largest absolute Gasteiger partial charge is 0.444 e. The first kappa shape index (κ1) is 14.7. The molecule has 5 heteroatoms. The van der Waals surface area contributed by atoms with Gasteiger partial charge in [-0.2, -0.15) is 0 Å². The Kier molecular flexibility index (Phi) is 4.18. The van der Waals surface area contributed by atoms with Gasteiger partial charge in [-0.05, 0) is 32.9 Å². The summed E-state index contributed by atoms with van der Waals surface area (Å²) in [5, 5.41) is 13.3. The van der Waals surface area contributed by atoms with Gasteiger partial charge in [0.1, 0.15) is 5.60 Å². The van der Waals surface area contributed by atoms with Crippen molar-refractivity contribution in [2.75, 3.05) is 18.4 Å². The van der Waals surface area contributed by atoms with Crippen LogP contribution in [0.5, 0.6) is 0 Å². The Morgan fingerprint density at radius 1 is 1.30 bits per heavy atom. The number of nitrogens with one attached hydrogen (secondary N) is 1. The molecule has 0 saturated carbocycles. The van der Waals surface area contributed by atoms with Gasteiger partial charge in [0, 0.05) is 12.2 Å². The molecule has 1 aromatic carbocycles. The van der Waals surface area contributed by atoms with Gasteiger partial charge in [0.2, 0.25) is 0 Å². The molecule has 20 heavy (non-hydrogen) atoms. The molecular formula is C15H22N2O3. The third-order valence-electron chi connectivity index (χ3n) is 3.07. The van der Waals surface area contributed by atoms with Crippen LogP contribution >= 0.6 is 0 Å². The molecular weight excluding hydrogens is 256 g/mol. The fourth-order valence-electron chi connectivity index (χ4n) is 2.15. The number of hydrogen-bond donors (Lipinski definition) is 2. The number of carbonyl (C=O) groups excluding carboxylic acids is 1. The highest BCUT2D eigenvalue weighted by atomic mass is 16.6. The van der Waals surface area contributed by atoms with Crippen molar-refractivity contribution < 1.29 is 14.6 Å². The molecule has 1 heterocycles. The van der Waals surface area contributed by atoms with Crippen LogP contribution in [0.15, 0.2) is 30.3 Å². The van der Waals surface area contributed by atoms with Crippen molar-refractivity contribution in [2.24, 2.45) is 0 Å². The van der Waals surface area contributed by atoms with Crippen LogP contribution in [0, 0.1) is 0 Å². The monoisotopic (exact) mass is 278 g/mol. The Morgan fingerprint density at radius 2 is 1.95 bits per heavy atom. The molecule has 0 radical (unpaired) electrons. The standard InChI is InChI=1S/C15H22N2O3/c1-15(2,3)20-14(19)17-9-12(13(18)10-17)16-11-7-5-4-6-8-11/h4-8,12-13,16,18H,9-10H2,1-3H3. The lowest BCUT2D eigenvalue weighted by atomic mass is 10.2. The Labute approximate surface area is 119 Å². The van der Waals surface area contributed by atoms with E-state index < -0.39 is 11.7 Å². The lowest BCUT2D eigenvalue weighted by Gasteiger charge is -2.24. The van der Waals surface area contributed by atoms with E-state index in [1.54, 1.807) is 0 Å². The van der Waals surface area contributed by atoms with Gasteiger partial charge in [-0.3, -0.25) is 0 Å². The molecule has 0 aromatic heterocycles. The summed E-state index contributed by atoms with van der Waals surface area (Å²) in [6.07, 6.45) is -0.975. The van der Waals surface area contributed by atoms with Crippen LogP contribution in [0.3, 0.4) is 0 Å². The van der Waals surface area contributed by atoms with Gasteiger partial charge in [0.05, 0.1) is 18.7 Å². The number of benzene rings is 1. The average molecular weight is 278 g/mol. The summed E-state index contributed by atoms with van der Waals surface area (Å²) in [7, 11) is 0. The maximum absolute atomic E-state index is 12.0. The molecule has 5 nitrogen and oxygen atoms in total. The minimum atomic E-state index is -0.595. The molecule has 1 fully saturated rings. The van der Waals surface area contributed by atoms with Crippen LogP contribution < -0.4 is 5.32 Å². The first-order chi connectivity index (χ1) is 9.35. The predicted octanol–water partition coefficient (Wildman–Crippen LogP) is 2.08. The zero-order chi connectivity index (χ0) is 14.8. The normalized spacial score (nSPS) is 22.7. The van der Waals surface area contributed by atoms with Crippen LogP contribution in [0.4, 0.5) is 10.5 Å². The second-order valence-corrected chi connectivity index (χ2v) is 6.07. The van der Waals surface area contributed by atoms with E-state index in [0.29, 0.717) is 13.1 Å². The summed E-state index contributed by atoms with van der Waals surface area (Å²) < 4.78 is 5.32. The smallest absolute Gasteiger partial charge is 0.410 e. The number of amides is 1. The highest BCUT2D eigenvalue weighted by Crippen LogP contribution is 2.19. The van der Waals surface area contributed by atoms with Gasteiger partial charge in [0.15, 0.2) is 0 Å². The molecule has 1 aromatic rings. The molecule has 110 valence electrons. The van der Waals surface area contributed by atoms with E-state index in [-0.39, 0.29) is 12.1 Å². The van der Waals surface area contributed by atoms with Crippen LogP contribution in [0.1, 0.15) is 20.8 Å². The van der Waals surface area contributed by atoms with Crippen molar-refractivity contribution in [3.8, 4) is 0 Å². The third-order valence-corrected chi connectivity index (χ3v) is 3.07. The molecule has 2 N–H and O–H groups in total. The van der Waals surface area contributed by atoms with Gasteiger partial charge >= 0.3 is 6.09 Å². The number of aliphatic hydroxyl groups excluding tert-OH is 1. The first-order valence-corrected chi connectivity index (χ1v) is 6.83. The van der Waals surface area contributed by atoms with E-state index in [1.807, 2.05) is 51.1 Å². The van der Waals surface area contributed by atoms with E-state index in [0.717, 1.165) is 5.69 Å². The lowest BCUT2D eigenvalue weighted by Crippen LogP contribution is -2.36. The van der Waals surface area contributed by atoms with E-state index in [1.165, 1.54) is 4.90 Å². The molecule has 0 bridgehead atoms. The predicted molar refractivity (Wildman–Crippen MR) is 77.7 cm³/mol. The number of anilines is 1. The van der Waals surface area contributed by atoms with E-state index in [9.17, 15) is 9.90 Å². The van der Waals surface area contributed by atoms with Gasteiger partial charge in [0.25, 0.3) is 0 Å². The SMILES string of the molecule is CC(C)(C)OC(=O)N1CC(O)C(Nc2ccccc2)C1. The number of likely N-dealkylation sites (tertiary alicyclic amines) is 1. The quantitative estimate of drug-likeness (QED) is 0.869. The van der Waals surface area contributed by atoms with Crippen molar-refractivity contribution >= 4 is 11.8 Å². The minimum absolute atomic E-state index is 0.176. The molecule has 0 spiro atoms. The van der Waals surface area contributed by atoms with Crippen molar-refractivity contribution in [1.29, 1.82) is 0 Å². The van der Waals surface area contributed by atoms with Crippen molar-refractivity contribution in [1.82, 2.24) is 4.90 Å². The van der Waals surface area contributed by atoms with E-state index in [2.05, 4.69) is 5.32 Å². The Bertz CT molecular complexity index is 456. The molecule has 2 rings (SSSR count). The third kappa shape index (κ3) is 3.87. The maximum Gasteiger partial charge on any atom is 0.410 e. The van der Waals surface area contributed by atoms with E-state index >= 15 is 0 Å². The molecule has 1 amide bonds. The van der Waals surface area contributed by atoms with Gasteiger partial charge < -0.3 is 20.1 Å². The molecule has 2 atom stereocenters. The summed E-state index contributed by atoms with van der Waals surface area (Å²) >= 11 is 0. The Morgan fingerprint density at radius 3 is 2.55 bits per heavy atom. The molecule has 1 saturated heterocycles. The van der Waals surface area contributed by atoms with Gasteiger partial charge in [-0.25, -0.2) is 4.79 Å². The number of carbonyl (C=O) groups is 1. The maximum atomic E-state index is 12.0. The fourth-order valence-corrected chi connectivity index (χ4v) is 2.15. The summed E-state index contributed by atoms with van der Waals surface area (Å²) in [5.41, 5.74) is 0.412. The highest BCUT2D eigenvalue weighted by Gasteiger charge is 2.36. The number of aliphatic hydroxyl groups is 1. The Hall–Kier alpha value is -1.75. The number of rotatable bonds is 2. The topological polar surface area (TPSA) is 61.8 Å². The molecule has 2 unspecified atom stereocenters. The number of para-hydroxylation sites is 1. The number of nitrogens with zero attached hydrogens (tertiary/aromatic N) is 1. The lowest BCUT2D eigenvalue weighted by molar-refractivity contribution is 0.0270. The molecule has 0 aliphatic carbocycles. The summed E-state index contributed by atoms with van der Waals surface area (Å²) in [4.78, 5) is 13.5. The molecule has 1 aliphatic rings. The second kappa shape index (κ2) is 5.71. The summed E-state index contributed by atoms with van der Waals surface area (Å²) in [6.45, 7) is 6.22. The van der Waals surface area contributed by atoms with Crippen molar-refractivity contribution in [2.45, 2.75) is 38.5 Å². The number of β-amino-alcohol motifs (C(OH)–C–C–N with tert-alkyl or cyclic N) is 1. The van der Waals surface area contributed by atoms with Gasteiger partial charge in [-0.15, -0.1) is 0 Å². The zero-order valence-corrected chi connectivity index (χ0v) is 12.2. The van der Waals surface area contributed by atoms with Crippen LogP contribution in [-0.2, 0) is 4.74 Å². The van der Waals surface area contributed by atoms with Gasteiger partial charge in [-0.1, -0.05) is 18.2 Å². The first-order valence-electron chi connectivity index (χ1n) is 6.83. The summed E-state index contributed by atoms with van der Waals surface area (Å²) in [6, 6.07) is 9.48.